The van der Waals surface area contributed by atoms with Crippen molar-refractivity contribution in [1.29, 1.82) is 0 Å². The van der Waals surface area contributed by atoms with Gasteiger partial charge in [-0.15, -0.1) is 0 Å². The molecule has 0 bridgehead atoms. The molecule has 1 saturated heterocycles. The first-order chi connectivity index (χ1) is 5.51. The van der Waals surface area contributed by atoms with E-state index in [4.69, 9.17) is 14.9 Å². The topological polar surface area (TPSA) is 90.2 Å². The second kappa shape index (κ2) is 3.27. The van der Waals surface area contributed by atoms with Crippen molar-refractivity contribution in [2.45, 2.75) is 30.8 Å². The van der Waals surface area contributed by atoms with Crippen molar-refractivity contribution in [1.82, 2.24) is 0 Å². The van der Waals surface area contributed by atoms with Crippen molar-refractivity contribution in [3.8, 4) is 0 Å². The third kappa shape index (κ3) is 1.46. The Kier molecular flexibility index (Phi) is 2.70. The quantitative estimate of drug-likeness (QED) is 0.367. The molecule has 1 heterocycles. The second-order valence-electron chi connectivity index (χ2n) is 3.28. The van der Waals surface area contributed by atoms with E-state index in [-0.39, 0.29) is 6.61 Å². The Morgan fingerprint density at radius 3 is 2.50 bits per heavy atom. The molecular formula is C7H14O5. The Labute approximate surface area is 70.2 Å². The molecule has 1 rings (SSSR count). The fourth-order valence-corrected chi connectivity index (χ4v) is 1.17. The van der Waals surface area contributed by atoms with Gasteiger partial charge < -0.3 is 25.2 Å². The molecule has 1 aliphatic rings. The van der Waals surface area contributed by atoms with E-state index in [2.05, 4.69) is 0 Å². The average Bonchev–Trinajstić information content (AvgIpc) is 2.09. The van der Waals surface area contributed by atoms with Gasteiger partial charge in [0.15, 0.2) is 0 Å². The number of ether oxygens (including phenoxy) is 1. The van der Waals surface area contributed by atoms with Crippen LogP contribution in [0.5, 0.6) is 0 Å². The molecule has 4 atom stereocenters. The van der Waals surface area contributed by atoms with Gasteiger partial charge in [-0.3, -0.25) is 0 Å². The maximum atomic E-state index is 9.37. The zero-order valence-electron chi connectivity index (χ0n) is 6.84. The lowest BCUT2D eigenvalue weighted by molar-refractivity contribution is -0.239. The Morgan fingerprint density at radius 1 is 1.42 bits per heavy atom. The van der Waals surface area contributed by atoms with Gasteiger partial charge in [0.2, 0.25) is 0 Å². The summed E-state index contributed by atoms with van der Waals surface area (Å²) in [6.07, 6.45) is -3.60. The molecule has 1 fully saturated rings. The van der Waals surface area contributed by atoms with Crippen molar-refractivity contribution in [2.24, 2.45) is 0 Å². The summed E-state index contributed by atoms with van der Waals surface area (Å²) in [4.78, 5) is 0. The van der Waals surface area contributed by atoms with Crippen LogP contribution in [0.2, 0.25) is 0 Å². The Hall–Kier alpha value is -0.200. The highest BCUT2D eigenvalue weighted by atomic mass is 16.5. The molecule has 0 amide bonds. The molecule has 1 aliphatic heterocycles. The van der Waals surface area contributed by atoms with Crippen LogP contribution >= 0.6 is 0 Å². The molecular weight excluding hydrogens is 164 g/mol. The molecule has 1 unspecified atom stereocenters. The van der Waals surface area contributed by atoms with Crippen molar-refractivity contribution in [3.05, 3.63) is 0 Å². The minimum absolute atomic E-state index is 0.0741. The van der Waals surface area contributed by atoms with Gasteiger partial charge in [0.25, 0.3) is 0 Å². The van der Waals surface area contributed by atoms with Crippen LogP contribution in [-0.4, -0.2) is 57.6 Å². The molecule has 0 aliphatic carbocycles. The van der Waals surface area contributed by atoms with Gasteiger partial charge >= 0.3 is 0 Å². The second-order valence-corrected chi connectivity index (χ2v) is 3.28. The number of hydrogen-bond acceptors (Lipinski definition) is 5. The molecule has 0 radical (unpaired) electrons. The minimum Gasteiger partial charge on any atom is -0.393 e. The van der Waals surface area contributed by atoms with Gasteiger partial charge in [-0.2, -0.15) is 0 Å². The predicted octanol–water partition coefficient (Wildman–Crippen LogP) is -2.15. The molecule has 0 aromatic carbocycles. The predicted molar refractivity (Wildman–Crippen MR) is 39.5 cm³/mol. The molecule has 5 heteroatoms. The van der Waals surface area contributed by atoms with Crippen LogP contribution in [0.25, 0.3) is 0 Å². The van der Waals surface area contributed by atoms with E-state index >= 15 is 0 Å². The highest BCUT2D eigenvalue weighted by molar-refractivity contribution is 4.95. The first kappa shape index (κ1) is 9.88. The van der Waals surface area contributed by atoms with E-state index in [9.17, 15) is 10.2 Å². The maximum Gasteiger partial charge on any atom is 0.117 e. The molecule has 0 aromatic rings. The van der Waals surface area contributed by atoms with E-state index in [1.165, 1.54) is 6.92 Å². The lowest BCUT2D eigenvalue weighted by Crippen LogP contribution is -2.60. The number of aliphatic hydroxyl groups excluding tert-OH is 4. The Morgan fingerprint density at radius 2 is 2.00 bits per heavy atom. The molecule has 5 nitrogen and oxygen atoms in total. The Bertz CT molecular complexity index is 162. The number of hydrogen-bond donors (Lipinski definition) is 4. The standard InChI is InChI=1S/C7H14O5/c1-7(3-8)6(11)5(10)4(9)2-12-7/h4-6,8-11H,2-3H2,1H3/t4-,5+,6?,7-/m1/s1. The van der Waals surface area contributed by atoms with Gasteiger partial charge in [0, 0.05) is 0 Å². The lowest BCUT2D eigenvalue weighted by Gasteiger charge is -2.41. The summed E-state index contributed by atoms with van der Waals surface area (Å²) in [5, 5.41) is 36.5. The smallest absolute Gasteiger partial charge is 0.117 e. The summed E-state index contributed by atoms with van der Waals surface area (Å²) < 4.78 is 5.00. The third-order valence-corrected chi connectivity index (χ3v) is 2.24. The number of aliphatic hydroxyl groups is 4. The highest BCUT2D eigenvalue weighted by Crippen LogP contribution is 2.24. The maximum absolute atomic E-state index is 9.37. The minimum atomic E-state index is -1.26. The van der Waals surface area contributed by atoms with E-state index in [1.54, 1.807) is 0 Å². The molecule has 0 aromatic heterocycles. The van der Waals surface area contributed by atoms with Crippen molar-refractivity contribution in [2.75, 3.05) is 13.2 Å². The van der Waals surface area contributed by atoms with Crippen LogP contribution in [0.1, 0.15) is 6.92 Å². The molecule has 72 valence electrons. The van der Waals surface area contributed by atoms with Crippen molar-refractivity contribution < 1.29 is 25.2 Å². The van der Waals surface area contributed by atoms with Crippen molar-refractivity contribution in [3.63, 3.8) is 0 Å². The van der Waals surface area contributed by atoms with Gasteiger partial charge in [0.05, 0.1) is 13.2 Å². The van der Waals surface area contributed by atoms with Gasteiger partial charge in [0.1, 0.15) is 23.9 Å². The summed E-state index contributed by atoms with van der Waals surface area (Å²) in [6.45, 7) is 1.01. The first-order valence-corrected chi connectivity index (χ1v) is 3.80. The third-order valence-electron chi connectivity index (χ3n) is 2.24. The monoisotopic (exact) mass is 178 g/mol. The van der Waals surface area contributed by atoms with Crippen molar-refractivity contribution >= 4 is 0 Å². The average molecular weight is 178 g/mol. The lowest BCUT2D eigenvalue weighted by atomic mass is 9.90. The van der Waals surface area contributed by atoms with Gasteiger partial charge in [-0.1, -0.05) is 0 Å². The molecule has 4 N–H and O–H groups in total. The molecule has 0 spiro atoms. The SMILES string of the molecule is C[C@]1(CO)OC[C@@H](O)[C@H](O)C1O. The summed E-state index contributed by atoms with van der Waals surface area (Å²) in [7, 11) is 0. The van der Waals surface area contributed by atoms with E-state index in [1.807, 2.05) is 0 Å². The zero-order chi connectivity index (χ0) is 9.35. The van der Waals surface area contributed by atoms with Crippen LogP contribution in [0, 0.1) is 0 Å². The van der Waals surface area contributed by atoms with Crippen LogP contribution < -0.4 is 0 Å². The highest BCUT2D eigenvalue weighted by Gasteiger charge is 2.45. The van der Waals surface area contributed by atoms with Crippen LogP contribution in [0.4, 0.5) is 0 Å². The largest absolute Gasteiger partial charge is 0.393 e. The van der Waals surface area contributed by atoms with Gasteiger partial charge in [-0.05, 0) is 6.92 Å². The normalized spacial score (nSPS) is 49.2. The Balaban J connectivity index is 2.71. The summed E-state index contributed by atoms with van der Waals surface area (Å²) >= 11 is 0. The van der Waals surface area contributed by atoms with Crippen LogP contribution in [0.15, 0.2) is 0 Å². The van der Waals surface area contributed by atoms with E-state index in [0.717, 1.165) is 0 Å². The summed E-state index contributed by atoms with van der Waals surface area (Å²) in [5.74, 6) is 0. The van der Waals surface area contributed by atoms with Crippen LogP contribution in [0.3, 0.4) is 0 Å². The fourth-order valence-electron chi connectivity index (χ4n) is 1.17. The molecule has 12 heavy (non-hydrogen) atoms. The van der Waals surface area contributed by atoms with Crippen LogP contribution in [-0.2, 0) is 4.74 Å². The first-order valence-electron chi connectivity index (χ1n) is 3.80. The molecule has 0 saturated carbocycles. The van der Waals surface area contributed by atoms with E-state index < -0.39 is 30.5 Å². The van der Waals surface area contributed by atoms with Gasteiger partial charge in [-0.25, -0.2) is 0 Å². The fraction of sp³-hybridized carbons (Fsp3) is 1.00. The summed E-state index contributed by atoms with van der Waals surface area (Å²) in [6, 6.07) is 0. The zero-order valence-corrected chi connectivity index (χ0v) is 6.84. The van der Waals surface area contributed by atoms with E-state index in [0.29, 0.717) is 0 Å². The summed E-state index contributed by atoms with van der Waals surface area (Å²) in [5.41, 5.74) is -1.17. The number of rotatable bonds is 1.